The van der Waals surface area contributed by atoms with Gasteiger partial charge >= 0.3 is 0 Å². The molecule has 144 valence electrons. The molecule has 0 unspecified atom stereocenters. The summed E-state index contributed by atoms with van der Waals surface area (Å²) in [6.45, 7) is 5.77. The zero-order valence-corrected chi connectivity index (χ0v) is 16.0. The number of carbonyl (C=O) groups excluding carboxylic acids is 2. The van der Waals surface area contributed by atoms with Crippen molar-refractivity contribution in [1.82, 2.24) is 19.6 Å². The lowest BCUT2D eigenvalue weighted by Gasteiger charge is -2.34. The van der Waals surface area contributed by atoms with Crippen LogP contribution in [-0.4, -0.2) is 57.6 Å². The number of carbonyl (C=O) groups is 2. The van der Waals surface area contributed by atoms with Gasteiger partial charge in [-0.15, -0.1) is 0 Å². The van der Waals surface area contributed by atoms with Crippen molar-refractivity contribution in [2.75, 3.05) is 26.2 Å². The van der Waals surface area contributed by atoms with Crippen LogP contribution in [0.2, 0.25) is 0 Å². The molecule has 0 bridgehead atoms. The molecular weight excluding hydrogens is 356 g/mol. The molecule has 2 amide bonds. The van der Waals surface area contributed by atoms with Crippen molar-refractivity contribution in [3.8, 4) is 5.69 Å². The molecule has 0 N–H and O–H groups in total. The molecule has 0 atom stereocenters. The van der Waals surface area contributed by atoms with Gasteiger partial charge in [0.2, 0.25) is 0 Å². The minimum Gasteiger partial charge on any atom is -0.472 e. The SMILES string of the molecule is Cc1nn(-c2ccccc2)c(C)c1C(=O)N1CCN(C(=O)c2ccoc2)CC1. The highest BCUT2D eigenvalue weighted by atomic mass is 16.3. The van der Waals surface area contributed by atoms with Crippen molar-refractivity contribution in [3.63, 3.8) is 0 Å². The summed E-state index contributed by atoms with van der Waals surface area (Å²) in [5.41, 5.74) is 3.64. The van der Waals surface area contributed by atoms with E-state index < -0.39 is 0 Å². The summed E-state index contributed by atoms with van der Waals surface area (Å²) >= 11 is 0. The van der Waals surface area contributed by atoms with Crippen LogP contribution in [-0.2, 0) is 0 Å². The largest absolute Gasteiger partial charge is 0.472 e. The second kappa shape index (κ2) is 7.34. The van der Waals surface area contributed by atoms with Gasteiger partial charge in [-0.05, 0) is 32.0 Å². The van der Waals surface area contributed by atoms with Crippen LogP contribution < -0.4 is 0 Å². The first-order valence-corrected chi connectivity index (χ1v) is 9.28. The van der Waals surface area contributed by atoms with E-state index in [2.05, 4.69) is 5.10 Å². The third-order valence-corrected chi connectivity index (χ3v) is 5.13. The van der Waals surface area contributed by atoms with Gasteiger partial charge in [0.25, 0.3) is 11.8 Å². The van der Waals surface area contributed by atoms with Gasteiger partial charge < -0.3 is 14.2 Å². The number of hydrogen-bond acceptors (Lipinski definition) is 4. The van der Waals surface area contributed by atoms with Gasteiger partial charge in [0.15, 0.2) is 0 Å². The first kappa shape index (κ1) is 18.0. The van der Waals surface area contributed by atoms with Gasteiger partial charge in [0.05, 0.1) is 34.5 Å². The van der Waals surface area contributed by atoms with Crippen LogP contribution in [0.15, 0.2) is 53.3 Å². The number of aryl methyl sites for hydroxylation is 1. The van der Waals surface area contributed by atoms with E-state index in [1.165, 1.54) is 12.5 Å². The normalized spacial score (nSPS) is 14.4. The Hall–Kier alpha value is -3.35. The molecule has 1 aliphatic heterocycles. The van der Waals surface area contributed by atoms with Crippen LogP contribution in [0.3, 0.4) is 0 Å². The van der Waals surface area contributed by atoms with Gasteiger partial charge in [-0.1, -0.05) is 18.2 Å². The maximum atomic E-state index is 13.1. The zero-order valence-electron chi connectivity index (χ0n) is 16.0. The Labute approximate surface area is 163 Å². The molecule has 1 aromatic carbocycles. The number of amides is 2. The van der Waals surface area contributed by atoms with Crippen molar-refractivity contribution >= 4 is 11.8 Å². The Morgan fingerprint density at radius 1 is 0.929 bits per heavy atom. The number of aromatic nitrogens is 2. The third-order valence-electron chi connectivity index (χ3n) is 5.13. The van der Waals surface area contributed by atoms with Crippen molar-refractivity contribution in [2.24, 2.45) is 0 Å². The molecule has 3 heterocycles. The summed E-state index contributed by atoms with van der Waals surface area (Å²) in [5, 5.41) is 4.57. The van der Waals surface area contributed by atoms with Gasteiger partial charge in [-0.3, -0.25) is 9.59 Å². The number of rotatable bonds is 3. The molecule has 0 aliphatic carbocycles. The Morgan fingerprint density at radius 2 is 1.57 bits per heavy atom. The molecule has 4 rings (SSSR count). The standard InChI is InChI=1S/C21H22N4O3/c1-15-19(16(2)25(22-15)18-6-4-3-5-7-18)21(27)24-11-9-23(10-12-24)20(26)17-8-13-28-14-17/h3-8,13-14H,9-12H2,1-2H3. The van der Waals surface area contributed by atoms with Crippen molar-refractivity contribution in [2.45, 2.75) is 13.8 Å². The Balaban J connectivity index is 1.49. The van der Waals surface area contributed by atoms with Crippen LogP contribution in [0.4, 0.5) is 0 Å². The van der Waals surface area contributed by atoms with E-state index >= 15 is 0 Å². The second-order valence-corrected chi connectivity index (χ2v) is 6.89. The second-order valence-electron chi connectivity index (χ2n) is 6.89. The predicted molar refractivity (Wildman–Crippen MR) is 104 cm³/mol. The van der Waals surface area contributed by atoms with E-state index in [1.54, 1.807) is 20.5 Å². The zero-order chi connectivity index (χ0) is 19.7. The lowest BCUT2D eigenvalue weighted by molar-refractivity contribution is 0.0534. The summed E-state index contributed by atoms with van der Waals surface area (Å²) in [7, 11) is 0. The van der Waals surface area contributed by atoms with E-state index in [4.69, 9.17) is 4.42 Å². The summed E-state index contributed by atoms with van der Waals surface area (Å²) in [6, 6.07) is 11.4. The lowest BCUT2D eigenvalue weighted by atomic mass is 10.1. The number of furan rings is 1. The molecule has 7 heteroatoms. The van der Waals surface area contributed by atoms with Crippen LogP contribution in [0.5, 0.6) is 0 Å². The first-order chi connectivity index (χ1) is 13.6. The molecule has 1 aliphatic rings. The van der Waals surface area contributed by atoms with Crippen LogP contribution in [0, 0.1) is 13.8 Å². The summed E-state index contributed by atoms with van der Waals surface area (Å²) in [6.07, 6.45) is 2.94. The van der Waals surface area contributed by atoms with Gasteiger partial charge in [0.1, 0.15) is 6.26 Å². The van der Waals surface area contributed by atoms with Crippen LogP contribution in [0.1, 0.15) is 32.1 Å². The average molecular weight is 378 g/mol. The monoisotopic (exact) mass is 378 g/mol. The lowest BCUT2D eigenvalue weighted by Crippen LogP contribution is -2.50. The van der Waals surface area contributed by atoms with Gasteiger partial charge in [0, 0.05) is 26.2 Å². The molecule has 28 heavy (non-hydrogen) atoms. The number of nitrogens with zero attached hydrogens (tertiary/aromatic N) is 4. The highest BCUT2D eigenvalue weighted by Crippen LogP contribution is 2.20. The quantitative estimate of drug-likeness (QED) is 0.703. The smallest absolute Gasteiger partial charge is 0.257 e. The van der Waals surface area contributed by atoms with E-state index in [9.17, 15) is 9.59 Å². The minimum atomic E-state index is -0.0647. The van der Waals surface area contributed by atoms with Crippen LogP contribution in [0.25, 0.3) is 5.69 Å². The fourth-order valence-corrected chi connectivity index (χ4v) is 3.61. The van der Waals surface area contributed by atoms with E-state index in [0.717, 1.165) is 11.4 Å². The van der Waals surface area contributed by atoms with E-state index in [1.807, 2.05) is 44.2 Å². The summed E-state index contributed by atoms with van der Waals surface area (Å²) < 4.78 is 6.79. The molecule has 0 radical (unpaired) electrons. The number of para-hydroxylation sites is 1. The Bertz CT molecular complexity index is 984. The maximum absolute atomic E-state index is 13.1. The van der Waals surface area contributed by atoms with Crippen molar-refractivity contribution < 1.29 is 14.0 Å². The number of hydrogen-bond donors (Lipinski definition) is 0. The minimum absolute atomic E-state index is 0.0346. The topological polar surface area (TPSA) is 71.6 Å². The van der Waals surface area contributed by atoms with Crippen molar-refractivity contribution in [1.29, 1.82) is 0 Å². The molecule has 0 saturated carbocycles. The average Bonchev–Trinajstić information content (AvgIpc) is 3.36. The predicted octanol–water partition coefficient (Wildman–Crippen LogP) is 2.68. The highest BCUT2D eigenvalue weighted by Gasteiger charge is 2.29. The van der Waals surface area contributed by atoms with Crippen molar-refractivity contribution in [3.05, 3.63) is 71.4 Å². The third kappa shape index (κ3) is 3.19. The number of benzene rings is 1. The molecule has 3 aromatic rings. The molecule has 1 fully saturated rings. The number of piperazine rings is 1. The maximum Gasteiger partial charge on any atom is 0.257 e. The van der Waals surface area contributed by atoms with Gasteiger partial charge in [-0.2, -0.15) is 5.10 Å². The molecule has 0 spiro atoms. The molecule has 2 aromatic heterocycles. The Kier molecular flexibility index (Phi) is 4.73. The fraction of sp³-hybridized carbons (Fsp3) is 0.286. The summed E-state index contributed by atoms with van der Waals surface area (Å²) in [5.74, 6) is -0.0994. The first-order valence-electron chi connectivity index (χ1n) is 9.28. The highest BCUT2D eigenvalue weighted by molar-refractivity contribution is 5.97. The molecule has 7 nitrogen and oxygen atoms in total. The van der Waals surface area contributed by atoms with Gasteiger partial charge in [-0.25, -0.2) is 4.68 Å². The van der Waals surface area contributed by atoms with Crippen LogP contribution >= 0.6 is 0 Å². The summed E-state index contributed by atoms with van der Waals surface area (Å²) in [4.78, 5) is 29.1. The van der Waals surface area contributed by atoms with E-state index in [-0.39, 0.29) is 11.8 Å². The molecule has 1 saturated heterocycles. The molecular formula is C21H22N4O3. The fourth-order valence-electron chi connectivity index (χ4n) is 3.61. The Morgan fingerprint density at radius 3 is 2.18 bits per heavy atom. The van der Waals surface area contributed by atoms with E-state index in [0.29, 0.717) is 43.0 Å².